The average Bonchev–Trinajstić information content (AvgIpc) is 3.32. The van der Waals surface area contributed by atoms with Crippen molar-refractivity contribution in [1.82, 2.24) is 0 Å². The Labute approximate surface area is 248 Å². The van der Waals surface area contributed by atoms with E-state index in [1.54, 1.807) is 41.7 Å². The molecule has 0 spiro atoms. The van der Waals surface area contributed by atoms with E-state index in [4.69, 9.17) is 25.4 Å². The fourth-order valence-electron chi connectivity index (χ4n) is 4.49. The van der Waals surface area contributed by atoms with Gasteiger partial charge >= 0.3 is 7.82 Å². The summed E-state index contributed by atoms with van der Waals surface area (Å²) in [6.45, 7) is 5.54. The zero-order valence-electron chi connectivity index (χ0n) is 23.9. The van der Waals surface area contributed by atoms with E-state index < -0.39 is 7.82 Å². The Balaban J connectivity index is 1.34. The first kappa shape index (κ1) is 32.5. The van der Waals surface area contributed by atoms with E-state index in [1.807, 2.05) is 24.7 Å². The van der Waals surface area contributed by atoms with Crippen LogP contribution in [0, 0.1) is 6.92 Å². The van der Waals surface area contributed by atoms with E-state index in [-0.39, 0.29) is 16.5 Å². The van der Waals surface area contributed by atoms with Crippen molar-refractivity contribution in [2.24, 2.45) is 0 Å². The lowest BCUT2D eigenvalue weighted by atomic mass is 10.1. The minimum Gasteiger partial charge on any atom is -0.494 e. The molecule has 0 aliphatic heterocycles. The highest BCUT2D eigenvalue weighted by atomic mass is 35.5. The third-order valence-electron chi connectivity index (χ3n) is 6.59. The number of aryl methyl sites for hydroxylation is 1. The van der Waals surface area contributed by atoms with Crippen molar-refractivity contribution in [2.45, 2.75) is 97.4 Å². The van der Waals surface area contributed by atoms with Crippen molar-refractivity contribution in [3.8, 4) is 17.2 Å². The number of halogens is 1. The van der Waals surface area contributed by atoms with E-state index in [0.717, 1.165) is 18.4 Å². The average molecular weight is 609 g/mol. The van der Waals surface area contributed by atoms with Gasteiger partial charge in [-0.1, -0.05) is 113 Å². The summed E-state index contributed by atoms with van der Waals surface area (Å²) in [7, 11) is -4.46. The van der Waals surface area contributed by atoms with Gasteiger partial charge in [-0.05, 0) is 37.6 Å². The van der Waals surface area contributed by atoms with Crippen molar-refractivity contribution in [1.29, 1.82) is 0 Å². The number of ether oxygens (including phenoxy) is 1. The van der Waals surface area contributed by atoms with Gasteiger partial charge in [0.25, 0.3) is 0 Å². The normalized spacial score (nSPS) is 12.7. The number of hydrogen-bond acceptors (Lipinski definition) is 5. The molecule has 40 heavy (non-hydrogen) atoms. The van der Waals surface area contributed by atoms with Crippen molar-refractivity contribution >= 4 is 30.8 Å². The molecule has 3 aromatic rings. The number of phosphoric acid groups is 1. The highest BCUT2D eigenvalue weighted by Gasteiger charge is 2.26. The third-order valence-corrected chi connectivity index (χ3v) is 8.61. The van der Waals surface area contributed by atoms with Crippen LogP contribution in [-0.4, -0.2) is 11.5 Å². The van der Waals surface area contributed by atoms with Gasteiger partial charge in [0.2, 0.25) is 5.51 Å². The quantitative estimate of drug-likeness (QED) is 0.0785. The van der Waals surface area contributed by atoms with Crippen LogP contribution >= 0.6 is 30.8 Å². The number of thiazole rings is 1. The van der Waals surface area contributed by atoms with E-state index in [1.165, 1.54) is 75.2 Å². The molecule has 0 bridgehead atoms. The number of rotatable bonds is 20. The van der Waals surface area contributed by atoms with Crippen molar-refractivity contribution in [3.63, 3.8) is 0 Å². The molecule has 1 heterocycles. The van der Waals surface area contributed by atoms with Crippen LogP contribution in [0.5, 0.6) is 17.2 Å². The predicted octanol–water partition coefficient (Wildman–Crippen LogP) is 9.68. The van der Waals surface area contributed by atoms with Crippen LogP contribution in [-0.2, 0) is 11.1 Å². The molecule has 0 aliphatic rings. The minimum atomic E-state index is -4.46. The molecule has 220 valence electrons. The van der Waals surface area contributed by atoms with Gasteiger partial charge in [-0.15, -0.1) is 0 Å². The lowest BCUT2D eigenvalue weighted by molar-refractivity contribution is -0.683. The first-order valence-electron chi connectivity index (χ1n) is 14.5. The highest BCUT2D eigenvalue weighted by molar-refractivity contribution is 7.48. The van der Waals surface area contributed by atoms with E-state index in [9.17, 15) is 9.46 Å². The number of unbranched alkanes of at least 4 members (excludes halogenated alkanes) is 11. The van der Waals surface area contributed by atoms with Crippen LogP contribution in [0.3, 0.4) is 0 Å². The Hall–Kier alpha value is -2.05. The van der Waals surface area contributed by atoms with Gasteiger partial charge in [-0.25, -0.2) is 4.57 Å². The first-order valence-corrected chi connectivity index (χ1v) is 17.3. The van der Waals surface area contributed by atoms with Crippen molar-refractivity contribution in [2.75, 3.05) is 6.61 Å². The predicted molar refractivity (Wildman–Crippen MR) is 164 cm³/mol. The van der Waals surface area contributed by atoms with Gasteiger partial charge in [0.1, 0.15) is 11.5 Å². The van der Waals surface area contributed by atoms with Crippen LogP contribution in [0.1, 0.15) is 94.4 Å². The van der Waals surface area contributed by atoms with Crippen LogP contribution < -0.4 is 18.4 Å². The summed E-state index contributed by atoms with van der Waals surface area (Å²) in [6.07, 6.45) is 17.6. The van der Waals surface area contributed by atoms with Gasteiger partial charge in [-0.3, -0.25) is 4.89 Å². The summed E-state index contributed by atoms with van der Waals surface area (Å²) in [5.41, 5.74) is 2.96. The van der Waals surface area contributed by atoms with Gasteiger partial charge in [0.15, 0.2) is 18.5 Å². The smallest absolute Gasteiger partial charge is 0.494 e. The molecule has 0 amide bonds. The summed E-state index contributed by atoms with van der Waals surface area (Å²) >= 11 is 7.98. The number of phosphoric ester groups is 1. The summed E-state index contributed by atoms with van der Waals surface area (Å²) in [6, 6.07) is 11.9. The lowest BCUT2D eigenvalue weighted by Gasteiger charge is -2.15. The molecule has 1 N–H and O–H groups in total. The molecule has 0 fully saturated rings. The maximum atomic E-state index is 12.7. The fraction of sp³-hybridized carbons (Fsp3) is 0.516. The largest absolute Gasteiger partial charge is 0.584 e. The van der Waals surface area contributed by atoms with Crippen LogP contribution in [0.15, 0.2) is 54.2 Å². The molecule has 1 atom stereocenters. The molecule has 6 nitrogen and oxygen atoms in total. The molecule has 9 heteroatoms. The SMILES string of the molecule is CCCCCCCCCCCCCCOc1ccc(OP(=O)(O)Oc2cccc(C[n+]3csc(C)c3)c2)c(Cl)c1. The molecule has 2 aromatic carbocycles. The number of nitrogens with zero attached hydrogens (tertiary/aromatic N) is 1. The van der Waals surface area contributed by atoms with Crippen LogP contribution in [0.4, 0.5) is 0 Å². The topological polar surface area (TPSA) is 68.9 Å². The standard InChI is InChI=1S/C31H43ClNO5PS/c1-3-4-5-6-7-8-9-10-11-12-13-14-20-36-28-18-19-31(30(32)22-28)38-39(34,35)37-29-17-15-16-27(21-29)24-33-23-26(2)40-25-33/h15-19,21-23,25H,3-14,20,24H2,1-2H3/p+1. The lowest BCUT2D eigenvalue weighted by Crippen LogP contribution is -2.30. The van der Waals surface area contributed by atoms with Gasteiger partial charge < -0.3 is 13.8 Å². The summed E-state index contributed by atoms with van der Waals surface area (Å²) < 4.78 is 31.2. The molecule has 0 aliphatic carbocycles. The van der Waals surface area contributed by atoms with Crippen LogP contribution in [0.25, 0.3) is 0 Å². The van der Waals surface area contributed by atoms with Crippen molar-refractivity contribution in [3.05, 3.63) is 69.6 Å². The molecule has 0 saturated heterocycles. The van der Waals surface area contributed by atoms with Crippen molar-refractivity contribution < 1.29 is 27.8 Å². The summed E-state index contributed by atoms with van der Waals surface area (Å²) in [5, 5.41) is 0.183. The zero-order chi connectivity index (χ0) is 28.6. The Bertz CT molecular complexity index is 1200. The number of benzene rings is 2. The molecule has 1 unspecified atom stereocenters. The van der Waals surface area contributed by atoms with E-state index in [0.29, 0.717) is 18.9 Å². The zero-order valence-corrected chi connectivity index (χ0v) is 26.3. The Morgan fingerprint density at radius 2 is 1.55 bits per heavy atom. The highest BCUT2D eigenvalue weighted by Crippen LogP contribution is 2.46. The molecule has 3 rings (SSSR count). The monoisotopic (exact) mass is 608 g/mol. The van der Waals surface area contributed by atoms with Gasteiger partial charge in [-0.2, -0.15) is 4.57 Å². The summed E-state index contributed by atoms with van der Waals surface area (Å²) in [4.78, 5) is 11.6. The fourth-order valence-corrected chi connectivity index (χ4v) is 6.22. The van der Waals surface area contributed by atoms with Gasteiger partial charge in [0.05, 0.1) is 16.5 Å². The molecule has 1 aromatic heterocycles. The second kappa shape index (κ2) is 17.7. The number of hydrogen-bond donors (Lipinski definition) is 1. The first-order chi connectivity index (χ1) is 19.3. The second-order valence-corrected chi connectivity index (χ2v) is 13.1. The molecule has 0 saturated carbocycles. The number of aromatic nitrogens is 1. The second-order valence-electron chi connectivity index (χ2n) is 10.3. The Kier molecular flexibility index (Phi) is 14.4. The Morgan fingerprint density at radius 3 is 2.17 bits per heavy atom. The summed E-state index contributed by atoms with van der Waals surface area (Å²) in [5.74, 6) is 0.906. The molecular weight excluding hydrogens is 565 g/mol. The Morgan fingerprint density at radius 1 is 0.875 bits per heavy atom. The van der Waals surface area contributed by atoms with Crippen LogP contribution in [0.2, 0.25) is 5.02 Å². The molecular formula is C31H44ClNO5PS+. The maximum absolute atomic E-state index is 12.7. The van der Waals surface area contributed by atoms with E-state index >= 15 is 0 Å². The van der Waals surface area contributed by atoms with E-state index in [2.05, 4.69) is 11.5 Å². The third kappa shape index (κ3) is 12.6. The molecule has 0 radical (unpaired) electrons. The minimum absolute atomic E-state index is 0.0608. The maximum Gasteiger partial charge on any atom is 0.584 e. The van der Waals surface area contributed by atoms with Gasteiger partial charge in [0, 0.05) is 11.6 Å².